The topological polar surface area (TPSA) is 126 Å². The molecule has 2 N–H and O–H groups in total. The number of non-ortho nitro benzene ring substituents is 1. The summed E-state index contributed by atoms with van der Waals surface area (Å²) >= 11 is 0. The maximum Gasteiger partial charge on any atom is 0.270 e. The average Bonchev–Trinajstić information content (AvgIpc) is 3.07. The summed E-state index contributed by atoms with van der Waals surface area (Å²) in [6, 6.07) is 18.1. The Kier molecular flexibility index (Phi) is 6.90. The first-order chi connectivity index (χ1) is 17.6. The Bertz CT molecular complexity index is 1520. The van der Waals surface area contributed by atoms with Crippen molar-refractivity contribution in [3.05, 3.63) is 94.2 Å². The smallest absolute Gasteiger partial charge is 0.270 e. The third kappa shape index (κ3) is 4.98. The van der Waals surface area contributed by atoms with E-state index in [-0.39, 0.29) is 27.4 Å². The molecule has 0 unspecified atom stereocenters. The van der Waals surface area contributed by atoms with Gasteiger partial charge in [0.05, 0.1) is 23.4 Å². The largest absolute Gasteiger partial charge is 0.495 e. The number of nitrogens with zero attached hydrogens (tertiary/aromatic N) is 3. The molecule has 11 heteroatoms. The Labute approximate surface area is 215 Å². The van der Waals surface area contributed by atoms with E-state index in [9.17, 15) is 18.5 Å². The van der Waals surface area contributed by atoms with Crippen LogP contribution < -0.4 is 19.8 Å². The lowest BCUT2D eigenvalue weighted by atomic mass is 9.84. The van der Waals surface area contributed by atoms with Gasteiger partial charge in [-0.1, -0.05) is 44.2 Å². The molecule has 37 heavy (non-hydrogen) atoms. The number of sulfonamides is 1. The van der Waals surface area contributed by atoms with E-state index in [1.54, 1.807) is 18.2 Å². The van der Waals surface area contributed by atoms with Gasteiger partial charge in [-0.05, 0) is 35.9 Å². The summed E-state index contributed by atoms with van der Waals surface area (Å²) in [6.45, 7) is 4.24. The quantitative estimate of drug-likeness (QED) is 0.239. The summed E-state index contributed by atoms with van der Waals surface area (Å²) in [5.41, 5.74) is 5.67. The number of hydrogen-bond donors (Lipinski definition) is 2. The van der Waals surface area contributed by atoms with E-state index in [0.29, 0.717) is 5.75 Å². The second-order valence-electron chi connectivity index (χ2n) is 8.89. The molecule has 0 saturated carbocycles. The van der Waals surface area contributed by atoms with Gasteiger partial charge in [0.2, 0.25) is 0 Å². The highest BCUT2D eigenvalue weighted by atomic mass is 32.2. The molecule has 10 nitrogen and oxygen atoms in total. The summed E-state index contributed by atoms with van der Waals surface area (Å²) < 4.78 is 34.2. The number of hydrazone groups is 1. The lowest BCUT2D eigenvalue weighted by Gasteiger charge is -2.23. The summed E-state index contributed by atoms with van der Waals surface area (Å²) in [5, 5.41) is 15.5. The maximum atomic E-state index is 13.3. The fraction of sp³-hybridized carbons (Fsp3) is 0.192. The van der Waals surface area contributed by atoms with Crippen LogP contribution in [0.25, 0.3) is 0 Å². The van der Waals surface area contributed by atoms with Gasteiger partial charge in [-0.15, -0.1) is 0 Å². The van der Waals surface area contributed by atoms with Crippen molar-refractivity contribution >= 4 is 39.0 Å². The molecular formula is C26H27N5O5S. The molecule has 0 aromatic heterocycles. The predicted molar refractivity (Wildman–Crippen MR) is 145 cm³/mol. The van der Waals surface area contributed by atoms with Crippen LogP contribution in [0, 0.1) is 10.1 Å². The first-order valence-electron chi connectivity index (χ1n) is 11.3. The van der Waals surface area contributed by atoms with Crippen LogP contribution in [0.3, 0.4) is 0 Å². The number of hydrogen-bond acceptors (Lipinski definition) is 8. The zero-order valence-electron chi connectivity index (χ0n) is 20.8. The Hall–Kier alpha value is -4.38. The number of likely N-dealkylation sites (N-methyl/N-ethyl adjacent to an activating group) is 1. The number of fused-ring (bicyclic) bond motifs is 1. The standard InChI is InChI=1S/C26H27N5O5S/c1-26(2)19-9-5-7-11-22(19)30(3)25(26)15-16-27-28-21-14-13-18(31(32)33)17-24(21)37(34,35)29-20-10-6-8-12-23(20)36-4/h5-17,28-29H,1-4H3/b25-15+,27-16+. The molecule has 1 aliphatic rings. The second kappa shape index (κ2) is 9.94. The van der Waals surface area contributed by atoms with Crippen molar-refractivity contribution in [1.82, 2.24) is 0 Å². The van der Waals surface area contributed by atoms with Crippen LogP contribution in [0.15, 0.2) is 88.5 Å². The first-order valence-corrected chi connectivity index (χ1v) is 12.8. The van der Waals surface area contributed by atoms with Crippen LogP contribution in [0.1, 0.15) is 19.4 Å². The number of para-hydroxylation sites is 3. The number of anilines is 3. The van der Waals surface area contributed by atoms with Gasteiger partial charge in [0, 0.05) is 42.2 Å². The number of allylic oxidation sites excluding steroid dienone is 2. The first kappa shape index (κ1) is 25.7. The highest BCUT2D eigenvalue weighted by Gasteiger charge is 2.37. The summed E-state index contributed by atoms with van der Waals surface area (Å²) in [7, 11) is -0.851. The molecule has 4 rings (SSSR count). The van der Waals surface area contributed by atoms with Crippen molar-refractivity contribution in [2.24, 2.45) is 5.10 Å². The summed E-state index contributed by atoms with van der Waals surface area (Å²) in [6.07, 6.45) is 3.38. The van der Waals surface area contributed by atoms with Gasteiger partial charge in [0.25, 0.3) is 15.7 Å². The third-order valence-corrected chi connectivity index (χ3v) is 7.65. The van der Waals surface area contributed by atoms with Gasteiger partial charge in [0.15, 0.2) is 0 Å². The highest BCUT2D eigenvalue weighted by molar-refractivity contribution is 7.93. The van der Waals surface area contributed by atoms with Crippen LogP contribution in [-0.4, -0.2) is 33.7 Å². The minimum absolute atomic E-state index is 0.0740. The van der Waals surface area contributed by atoms with E-state index < -0.39 is 14.9 Å². The van der Waals surface area contributed by atoms with E-state index in [1.165, 1.54) is 37.1 Å². The van der Waals surface area contributed by atoms with Crippen molar-refractivity contribution in [2.45, 2.75) is 24.2 Å². The van der Waals surface area contributed by atoms with E-state index in [0.717, 1.165) is 17.5 Å². The van der Waals surface area contributed by atoms with Crippen molar-refractivity contribution in [1.29, 1.82) is 0 Å². The van der Waals surface area contributed by atoms with Crippen molar-refractivity contribution in [3.63, 3.8) is 0 Å². The molecule has 192 valence electrons. The lowest BCUT2D eigenvalue weighted by Crippen LogP contribution is -2.23. The number of nitro groups is 1. The molecule has 0 aliphatic carbocycles. The molecule has 3 aromatic carbocycles. The fourth-order valence-corrected chi connectivity index (χ4v) is 5.63. The number of benzene rings is 3. The average molecular weight is 522 g/mol. The van der Waals surface area contributed by atoms with Gasteiger partial charge in [-0.25, -0.2) is 8.42 Å². The van der Waals surface area contributed by atoms with E-state index in [1.807, 2.05) is 25.3 Å². The Morgan fingerprint density at radius 1 is 1.05 bits per heavy atom. The van der Waals surface area contributed by atoms with Gasteiger partial charge in [-0.3, -0.25) is 20.3 Å². The van der Waals surface area contributed by atoms with Crippen LogP contribution >= 0.6 is 0 Å². The van der Waals surface area contributed by atoms with Crippen molar-refractivity contribution in [2.75, 3.05) is 29.2 Å². The fourth-order valence-electron chi connectivity index (χ4n) is 4.38. The van der Waals surface area contributed by atoms with Gasteiger partial charge >= 0.3 is 0 Å². The highest BCUT2D eigenvalue weighted by Crippen LogP contribution is 2.46. The molecule has 0 spiro atoms. The normalized spacial score (nSPS) is 15.6. The van der Waals surface area contributed by atoms with Crippen LogP contribution in [-0.2, 0) is 15.4 Å². The molecule has 0 atom stereocenters. The Morgan fingerprint density at radius 3 is 2.46 bits per heavy atom. The molecule has 0 bridgehead atoms. The number of nitro benzene ring substituents is 1. The monoisotopic (exact) mass is 521 g/mol. The van der Waals surface area contributed by atoms with Crippen molar-refractivity contribution in [3.8, 4) is 5.75 Å². The molecule has 1 heterocycles. The number of methoxy groups -OCH3 is 1. The molecule has 0 radical (unpaired) electrons. The molecular weight excluding hydrogens is 494 g/mol. The van der Waals surface area contributed by atoms with Gasteiger partial charge in [-0.2, -0.15) is 5.10 Å². The minimum Gasteiger partial charge on any atom is -0.495 e. The number of rotatable bonds is 8. The molecule has 0 amide bonds. The van der Waals surface area contributed by atoms with Gasteiger partial charge < -0.3 is 9.64 Å². The van der Waals surface area contributed by atoms with Crippen molar-refractivity contribution < 1.29 is 18.1 Å². The maximum absolute atomic E-state index is 13.3. The molecule has 0 fully saturated rings. The van der Waals surface area contributed by atoms with E-state index in [4.69, 9.17) is 4.74 Å². The number of ether oxygens (including phenoxy) is 1. The third-order valence-electron chi connectivity index (χ3n) is 6.25. The van der Waals surface area contributed by atoms with Crippen LogP contribution in [0.4, 0.5) is 22.7 Å². The Balaban J connectivity index is 1.64. The molecule has 0 saturated heterocycles. The minimum atomic E-state index is -4.24. The molecule has 1 aliphatic heterocycles. The molecule has 3 aromatic rings. The predicted octanol–water partition coefficient (Wildman–Crippen LogP) is 5.11. The number of nitrogens with one attached hydrogen (secondary N) is 2. The summed E-state index contributed by atoms with van der Waals surface area (Å²) in [4.78, 5) is 12.4. The van der Waals surface area contributed by atoms with Gasteiger partial charge in [0.1, 0.15) is 10.6 Å². The Morgan fingerprint density at radius 2 is 1.76 bits per heavy atom. The summed E-state index contributed by atoms with van der Waals surface area (Å²) in [5.74, 6) is 0.306. The van der Waals surface area contributed by atoms with E-state index >= 15 is 0 Å². The van der Waals surface area contributed by atoms with Crippen LogP contribution in [0.5, 0.6) is 5.75 Å². The van der Waals surface area contributed by atoms with E-state index in [2.05, 4.69) is 46.1 Å². The SMILES string of the molecule is COc1ccccc1NS(=O)(=O)c1cc([N+](=O)[O-])ccc1N/N=C/C=C1/N(C)c2ccccc2C1(C)C. The lowest BCUT2D eigenvalue weighted by molar-refractivity contribution is -0.385. The second-order valence-corrected chi connectivity index (χ2v) is 10.5. The zero-order valence-corrected chi connectivity index (χ0v) is 21.6. The van der Waals surface area contributed by atoms with Crippen LogP contribution in [0.2, 0.25) is 0 Å². The zero-order chi connectivity index (χ0) is 26.8.